The Labute approximate surface area is 187 Å². The fraction of sp³-hybridized carbons (Fsp3) is 0.360. The lowest BCUT2D eigenvalue weighted by Crippen LogP contribution is -2.40. The minimum atomic E-state index is 0.493. The number of benzene rings is 1. The maximum Gasteiger partial charge on any atom is 0.159 e. The molecule has 3 atom stereocenters. The predicted octanol–water partition coefficient (Wildman–Crippen LogP) is 4.21. The van der Waals surface area contributed by atoms with E-state index in [0.717, 1.165) is 33.6 Å². The van der Waals surface area contributed by atoms with Crippen molar-refractivity contribution in [1.82, 2.24) is 34.4 Å². The van der Waals surface area contributed by atoms with Gasteiger partial charge in [-0.15, -0.1) is 0 Å². The molecule has 7 heteroatoms. The quantitative estimate of drug-likeness (QED) is 0.490. The van der Waals surface area contributed by atoms with Gasteiger partial charge in [0.25, 0.3) is 0 Å². The van der Waals surface area contributed by atoms with Crippen LogP contribution in [0.15, 0.2) is 61.4 Å². The van der Waals surface area contributed by atoms with E-state index in [1.165, 1.54) is 25.7 Å². The predicted molar refractivity (Wildman–Crippen MR) is 124 cm³/mol. The van der Waals surface area contributed by atoms with E-state index in [2.05, 4.69) is 50.0 Å². The number of fused-ring (bicyclic) bond motifs is 2. The molecule has 2 bridgehead atoms. The number of rotatable bonds is 4. The molecule has 0 N–H and O–H groups in total. The zero-order valence-electron chi connectivity index (χ0n) is 18.5. The molecule has 1 aromatic carbocycles. The first-order valence-electron chi connectivity index (χ1n) is 11.3. The van der Waals surface area contributed by atoms with Gasteiger partial charge in [0.1, 0.15) is 0 Å². The molecule has 2 aliphatic heterocycles. The van der Waals surface area contributed by atoms with E-state index in [9.17, 15) is 0 Å². The van der Waals surface area contributed by atoms with Crippen molar-refractivity contribution in [3.63, 3.8) is 0 Å². The van der Waals surface area contributed by atoms with Gasteiger partial charge < -0.3 is 4.90 Å². The van der Waals surface area contributed by atoms with Crippen LogP contribution in [0.5, 0.6) is 0 Å². The van der Waals surface area contributed by atoms with Gasteiger partial charge in [-0.2, -0.15) is 10.2 Å². The van der Waals surface area contributed by atoms with Crippen molar-refractivity contribution >= 4 is 0 Å². The third-order valence-electron chi connectivity index (χ3n) is 7.19. The van der Waals surface area contributed by atoms with Gasteiger partial charge in [-0.05, 0) is 44.4 Å². The molecule has 3 aromatic heterocycles. The van der Waals surface area contributed by atoms with Crippen LogP contribution < -0.4 is 0 Å². The summed E-state index contributed by atoms with van der Waals surface area (Å²) in [5, 5.41) is 8.97. The van der Waals surface area contributed by atoms with Gasteiger partial charge in [0.2, 0.25) is 0 Å². The van der Waals surface area contributed by atoms with Crippen molar-refractivity contribution < 1.29 is 0 Å². The van der Waals surface area contributed by atoms with Crippen LogP contribution in [-0.2, 0) is 7.05 Å². The average molecular weight is 426 g/mol. The molecule has 2 aliphatic rings. The smallest absolute Gasteiger partial charge is 0.159 e. The van der Waals surface area contributed by atoms with Gasteiger partial charge >= 0.3 is 0 Å². The van der Waals surface area contributed by atoms with Gasteiger partial charge in [-0.1, -0.05) is 18.2 Å². The molecule has 162 valence electrons. The first-order valence-corrected chi connectivity index (χ1v) is 11.3. The molecule has 4 aromatic rings. The van der Waals surface area contributed by atoms with Crippen molar-refractivity contribution in [3.8, 4) is 33.6 Å². The summed E-state index contributed by atoms with van der Waals surface area (Å²) in [6.45, 7) is 0. The van der Waals surface area contributed by atoms with E-state index in [4.69, 9.17) is 5.10 Å². The summed E-state index contributed by atoms with van der Waals surface area (Å²) >= 11 is 0. The van der Waals surface area contributed by atoms with Gasteiger partial charge in [-0.3, -0.25) is 9.36 Å². The molecule has 2 fully saturated rings. The number of aromatic nitrogens is 6. The molecular formula is C25H27N7. The number of piperidine rings is 1. The van der Waals surface area contributed by atoms with Crippen LogP contribution in [0.4, 0.5) is 0 Å². The Bertz CT molecular complexity index is 1230. The van der Waals surface area contributed by atoms with Crippen LogP contribution in [0.3, 0.4) is 0 Å². The van der Waals surface area contributed by atoms with Crippen molar-refractivity contribution in [2.45, 2.75) is 43.8 Å². The van der Waals surface area contributed by atoms with E-state index in [1.54, 1.807) is 0 Å². The van der Waals surface area contributed by atoms with Crippen LogP contribution in [0.2, 0.25) is 0 Å². The Morgan fingerprint density at radius 2 is 1.41 bits per heavy atom. The lowest BCUT2D eigenvalue weighted by Gasteiger charge is -2.36. The van der Waals surface area contributed by atoms with Crippen LogP contribution in [0, 0.1) is 0 Å². The molecule has 0 saturated carbocycles. The monoisotopic (exact) mass is 425 g/mol. The maximum absolute atomic E-state index is 4.70. The summed E-state index contributed by atoms with van der Waals surface area (Å²) < 4.78 is 3.97. The Kier molecular flexibility index (Phi) is 4.64. The summed E-state index contributed by atoms with van der Waals surface area (Å²) in [5.74, 6) is 0.721. The summed E-state index contributed by atoms with van der Waals surface area (Å²) in [6, 6.07) is 10.2. The van der Waals surface area contributed by atoms with E-state index in [1.807, 2.05) is 54.8 Å². The third kappa shape index (κ3) is 3.42. The zero-order chi connectivity index (χ0) is 21.7. The SMILES string of the molecule is CN1[C@@H]2CC[C@H]1C[C@H](n1cc(-c3cnc(-c4cccc(-c5cnn(C)c5)c4)nc3)cn1)C2. The summed E-state index contributed by atoms with van der Waals surface area (Å²) in [4.78, 5) is 11.9. The molecule has 0 unspecified atom stereocenters. The van der Waals surface area contributed by atoms with Gasteiger partial charge in [0.15, 0.2) is 5.82 Å². The number of hydrogen-bond donors (Lipinski definition) is 0. The normalized spacial score (nSPS) is 23.0. The first kappa shape index (κ1) is 19.4. The van der Waals surface area contributed by atoms with E-state index in [0.29, 0.717) is 18.1 Å². The molecule has 0 radical (unpaired) electrons. The van der Waals surface area contributed by atoms with E-state index < -0.39 is 0 Å². The lowest BCUT2D eigenvalue weighted by molar-refractivity contribution is 0.131. The average Bonchev–Trinajstić information content (AvgIpc) is 3.52. The standard InChI is InChI=1S/C25H27N7/c1-30-15-20(13-28-30)17-4-3-5-18(8-17)25-26-11-19(12-27-25)21-14-29-32(16-21)24-9-22-6-7-23(10-24)31(22)2/h3-5,8,11-16,22-24H,6-7,9-10H2,1-2H3/t22-,23+,24-. The van der Waals surface area contributed by atoms with Crippen molar-refractivity contribution in [3.05, 3.63) is 61.4 Å². The second-order valence-electron chi connectivity index (χ2n) is 9.16. The molecule has 0 spiro atoms. The maximum atomic E-state index is 4.70. The van der Waals surface area contributed by atoms with Crippen LogP contribution >= 0.6 is 0 Å². The third-order valence-corrected chi connectivity index (χ3v) is 7.19. The van der Waals surface area contributed by atoms with Crippen LogP contribution in [0.1, 0.15) is 31.7 Å². The van der Waals surface area contributed by atoms with Crippen molar-refractivity contribution in [2.24, 2.45) is 7.05 Å². The minimum Gasteiger partial charge on any atom is -0.300 e. The summed E-state index contributed by atoms with van der Waals surface area (Å²) in [5.41, 5.74) is 5.26. The Hall–Kier alpha value is -3.32. The first-order chi connectivity index (χ1) is 15.6. The molecule has 0 aliphatic carbocycles. The number of hydrogen-bond acceptors (Lipinski definition) is 5. The van der Waals surface area contributed by atoms with Gasteiger partial charge in [-0.25, -0.2) is 9.97 Å². The Balaban J connectivity index is 1.21. The van der Waals surface area contributed by atoms with Crippen LogP contribution in [-0.4, -0.2) is 53.6 Å². The highest BCUT2D eigenvalue weighted by atomic mass is 15.3. The molecular weight excluding hydrogens is 398 g/mol. The highest BCUT2D eigenvalue weighted by molar-refractivity contribution is 5.70. The van der Waals surface area contributed by atoms with Crippen LogP contribution in [0.25, 0.3) is 33.6 Å². The zero-order valence-corrected chi connectivity index (χ0v) is 18.5. The molecule has 5 heterocycles. The van der Waals surface area contributed by atoms with Crippen molar-refractivity contribution in [2.75, 3.05) is 7.05 Å². The lowest BCUT2D eigenvalue weighted by atomic mass is 9.98. The number of nitrogens with zero attached hydrogens (tertiary/aromatic N) is 7. The second-order valence-corrected chi connectivity index (χ2v) is 9.16. The topological polar surface area (TPSA) is 64.7 Å². The molecule has 7 nitrogen and oxygen atoms in total. The highest BCUT2D eigenvalue weighted by Gasteiger charge is 2.39. The molecule has 32 heavy (non-hydrogen) atoms. The fourth-order valence-electron chi connectivity index (χ4n) is 5.32. The highest BCUT2D eigenvalue weighted by Crippen LogP contribution is 2.39. The molecule has 6 rings (SSSR count). The fourth-order valence-corrected chi connectivity index (χ4v) is 5.32. The van der Waals surface area contributed by atoms with E-state index >= 15 is 0 Å². The van der Waals surface area contributed by atoms with Gasteiger partial charge in [0, 0.05) is 66.2 Å². The summed E-state index contributed by atoms with van der Waals surface area (Å²) in [7, 11) is 4.20. The Morgan fingerprint density at radius 3 is 2.12 bits per heavy atom. The molecule has 2 saturated heterocycles. The summed E-state index contributed by atoms with van der Waals surface area (Å²) in [6.07, 6.45) is 16.8. The van der Waals surface area contributed by atoms with Gasteiger partial charge in [0.05, 0.1) is 18.4 Å². The number of aryl methyl sites for hydroxylation is 1. The Morgan fingerprint density at radius 1 is 0.719 bits per heavy atom. The second kappa shape index (κ2) is 7.67. The largest absolute Gasteiger partial charge is 0.300 e. The van der Waals surface area contributed by atoms with E-state index in [-0.39, 0.29) is 0 Å². The van der Waals surface area contributed by atoms with Crippen molar-refractivity contribution in [1.29, 1.82) is 0 Å². The molecule has 0 amide bonds. The minimum absolute atomic E-state index is 0.493.